The molecule has 2 aliphatic heterocycles. The lowest BCUT2D eigenvalue weighted by Crippen LogP contribution is -2.60. The number of nitrogens with zero attached hydrogens (tertiary/aromatic N) is 3. The van der Waals surface area contributed by atoms with Crippen molar-refractivity contribution in [3.8, 4) is 0 Å². The minimum atomic E-state index is -0.997. The number of carbonyl (C=O) groups excluding carboxylic acids is 3. The van der Waals surface area contributed by atoms with Crippen LogP contribution in [0.15, 0.2) is 48.5 Å². The van der Waals surface area contributed by atoms with Gasteiger partial charge in [-0.3, -0.25) is 19.3 Å². The van der Waals surface area contributed by atoms with Crippen molar-refractivity contribution >= 4 is 17.7 Å². The predicted molar refractivity (Wildman–Crippen MR) is 133 cm³/mol. The lowest BCUT2D eigenvalue weighted by molar-refractivity contribution is -0.128. The normalized spacial score (nSPS) is 19.1. The molecule has 2 heterocycles. The number of likely N-dealkylation sites (tertiary alicyclic amines) is 1. The molecule has 2 aromatic carbocycles. The highest BCUT2D eigenvalue weighted by Crippen LogP contribution is 2.39. The van der Waals surface area contributed by atoms with Gasteiger partial charge in [0.2, 0.25) is 5.91 Å². The van der Waals surface area contributed by atoms with Crippen molar-refractivity contribution in [1.82, 2.24) is 20.0 Å². The molecule has 1 unspecified atom stereocenters. The number of likely N-dealkylation sites (N-methyl/N-ethyl adjacent to an activating group) is 1. The maximum absolute atomic E-state index is 13.8. The molecule has 3 amide bonds. The molecule has 2 saturated heterocycles. The molecular formula is C27H33FN4O4. The molecule has 2 aromatic rings. The highest BCUT2D eigenvalue weighted by molar-refractivity contribution is 5.99. The second-order valence-electron chi connectivity index (χ2n) is 9.71. The third kappa shape index (κ3) is 5.42. The molecule has 0 aliphatic carbocycles. The van der Waals surface area contributed by atoms with Crippen molar-refractivity contribution in [2.45, 2.75) is 31.5 Å². The Hall–Kier alpha value is -3.30. The Labute approximate surface area is 211 Å². The highest BCUT2D eigenvalue weighted by Gasteiger charge is 2.54. The number of hydrogen-bond acceptors (Lipinski definition) is 5. The molecule has 8 nitrogen and oxygen atoms in total. The third-order valence-electron chi connectivity index (χ3n) is 6.81. The van der Waals surface area contributed by atoms with Crippen LogP contribution in [0.3, 0.4) is 0 Å². The average Bonchev–Trinajstić information content (AvgIpc) is 3.22. The molecule has 0 saturated carbocycles. The van der Waals surface area contributed by atoms with Gasteiger partial charge >= 0.3 is 0 Å². The van der Waals surface area contributed by atoms with E-state index in [2.05, 4.69) is 5.32 Å². The summed E-state index contributed by atoms with van der Waals surface area (Å²) in [5.41, 5.74) is 0.717. The number of halogens is 1. The fourth-order valence-corrected chi connectivity index (χ4v) is 4.87. The van der Waals surface area contributed by atoms with Crippen molar-refractivity contribution in [2.75, 3.05) is 46.9 Å². The van der Waals surface area contributed by atoms with E-state index in [9.17, 15) is 18.8 Å². The highest BCUT2D eigenvalue weighted by atomic mass is 19.1. The minimum Gasteiger partial charge on any atom is -0.353 e. The van der Waals surface area contributed by atoms with Crippen LogP contribution in [0.25, 0.3) is 0 Å². The second-order valence-corrected chi connectivity index (χ2v) is 9.71. The summed E-state index contributed by atoms with van der Waals surface area (Å²) >= 11 is 0. The van der Waals surface area contributed by atoms with Crippen molar-refractivity contribution in [2.24, 2.45) is 0 Å². The van der Waals surface area contributed by atoms with Crippen LogP contribution < -0.4 is 5.32 Å². The number of amides is 3. The van der Waals surface area contributed by atoms with Gasteiger partial charge in [-0.15, -0.1) is 0 Å². The van der Waals surface area contributed by atoms with Crippen LogP contribution in [0, 0.1) is 12.7 Å². The average molecular weight is 497 g/mol. The summed E-state index contributed by atoms with van der Waals surface area (Å²) in [6.45, 7) is 3.77. The van der Waals surface area contributed by atoms with Crippen LogP contribution in [0.2, 0.25) is 0 Å². The quantitative estimate of drug-likeness (QED) is 0.664. The van der Waals surface area contributed by atoms with E-state index in [0.29, 0.717) is 44.6 Å². The summed E-state index contributed by atoms with van der Waals surface area (Å²) in [6.07, 6.45) is 0.709. The zero-order chi connectivity index (χ0) is 25.9. The van der Waals surface area contributed by atoms with E-state index in [4.69, 9.17) is 4.74 Å². The maximum atomic E-state index is 13.8. The van der Waals surface area contributed by atoms with Gasteiger partial charge in [-0.05, 0) is 51.4 Å². The van der Waals surface area contributed by atoms with Gasteiger partial charge < -0.3 is 19.9 Å². The standard InChI is InChI=1S/C27H33FN4O4/c1-19-6-4-7-20(16-19)26(35)32-23(24(33)29-12-15-30(2)3)18-36-27(32)10-13-31(14-11-27)25(34)21-8-5-9-22(28)17-21/h4-9,16-17,23H,10-15,18H2,1-3H3,(H,29,33). The Morgan fingerprint density at radius 1 is 1.06 bits per heavy atom. The number of hydrogen-bond donors (Lipinski definition) is 1. The van der Waals surface area contributed by atoms with Gasteiger partial charge in [0, 0.05) is 50.1 Å². The molecule has 0 radical (unpaired) electrons. The number of rotatable bonds is 6. The molecule has 1 spiro atoms. The summed E-state index contributed by atoms with van der Waals surface area (Å²) in [5, 5.41) is 2.92. The number of nitrogens with one attached hydrogen (secondary N) is 1. The molecule has 2 aliphatic rings. The molecule has 1 N–H and O–H groups in total. The maximum Gasteiger partial charge on any atom is 0.256 e. The molecule has 9 heteroatoms. The van der Waals surface area contributed by atoms with Crippen molar-refractivity contribution in [1.29, 1.82) is 0 Å². The molecule has 1 atom stereocenters. The van der Waals surface area contributed by atoms with E-state index in [1.165, 1.54) is 18.2 Å². The SMILES string of the molecule is Cc1cccc(C(=O)N2C(C(=O)NCCN(C)C)COC23CCN(C(=O)c2cccc(F)c2)CC3)c1. The number of ether oxygens (including phenoxy) is 1. The minimum absolute atomic E-state index is 0.0865. The molecule has 0 bridgehead atoms. The van der Waals surface area contributed by atoms with E-state index in [1.807, 2.05) is 38.1 Å². The van der Waals surface area contributed by atoms with Gasteiger partial charge in [-0.2, -0.15) is 0 Å². The Bertz CT molecular complexity index is 1130. The Kier molecular flexibility index (Phi) is 7.70. The Morgan fingerprint density at radius 3 is 2.36 bits per heavy atom. The van der Waals surface area contributed by atoms with Crippen molar-refractivity contribution in [3.05, 3.63) is 71.0 Å². The summed E-state index contributed by atoms with van der Waals surface area (Å²) in [7, 11) is 3.85. The van der Waals surface area contributed by atoms with Crippen LogP contribution in [-0.4, -0.2) is 91.1 Å². The monoisotopic (exact) mass is 496 g/mol. The second kappa shape index (κ2) is 10.8. The lowest BCUT2D eigenvalue weighted by Gasteiger charge is -2.44. The summed E-state index contributed by atoms with van der Waals surface area (Å²) in [6, 6.07) is 12.1. The first-order valence-corrected chi connectivity index (χ1v) is 12.2. The van der Waals surface area contributed by atoms with Crippen LogP contribution in [-0.2, 0) is 9.53 Å². The van der Waals surface area contributed by atoms with Gasteiger partial charge in [0.1, 0.15) is 17.6 Å². The smallest absolute Gasteiger partial charge is 0.256 e. The van der Waals surface area contributed by atoms with Gasteiger partial charge in [0.25, 0.3) is 11.8 Å². The number of aryl methyl sites for hydroxylation is 1. The van der Waals surface area contributed by atoms with E-state index in [1.54, 1.807) is 28.0 Å². The first kappa shape index (κ1) is 25.8. The molecule has 0 aromatic heterocycles. The number of piperidine rings is 1. The Balaban J connectivity index is 1.55. The van der Waals surface area contributed by atoms with Gasteiger partial charge in [0.15, 0.2) is 0 Å². The summed E-state index contributed by atoms with van der Waals surface area (Å²) < 4.78 is 19.9. The van der Waals surface area contributed by atoms with Crippen molar-refractivity contribution in [3.63, 3.8) is 0 Å². The van der Waals surface area contributed by atoms with Crippen molar-refractivity contribution < 1.29 is 23.5 Å². The first-order chi connectivity index (χ1) is 17.2. The van der Waals surface area contributed by atoms with E-state index < -0.39 is 17.6 Å². The zero-order valence-electron chi connectivity index (χ0n) is 21.0. The zero-order valence-corrected chi connectivity index (χ0v) is 21.0. The van der Waals surface area contributed by atoms with Crippen LogP contribution in [0.5, 0.6) is 0 Å². The van der Waals surface area contributed by atoms with Crippen LogP contribution in [0.1, 0.15) is 39.1 Å². The summed E-state index contributed by atoms with van der Waals surface area (Å²) in [4.78, 5) is 45.1. The fourth-order valence-electron chi connectivity index (χ4n) is 4.87. The Morgan fingerprint density at radius 2 is 1.72 bits per heavy atom. The molecule has 36 heavy (non-hydrogen) atoms. The fraction of sp³-hybridized carbons (Fsp3) is 0.444. The largest absolute Gasteiger partial charge is 0.353 e. The van der Waals surface area contributed by atoms with Gasteiger partial charge in [0.05, 0.1) is 6.61 Å². The van der Waals surface area contributed by atoms with E-state index in [-0.39, 0.29) is 29.9 Å². The molecule has 4 rings (SSSR count). The third-order valence-corrected chi connectivity index (χ3v) is 6.81. The van der Waals surface area contributed by atoms with E-state index in [0.717, 1.165) is 5.56 Å². The lowest BCUT2D eigenvalue weighted by atomic mass is 9.95. The van der Waals surface area contributed by atoms with Gasteiger partial charge in [-0.25, -0.2) is 4.39 Å². The molecule has 192 valence electrons. The number of benzene rings is 2. The van der Waals surface area contributed by atoms with Crippen LogP contribution >= 0.6 is 0 Å². The van der Waals surface area contributed by atoms with E-state index >= 15 is 0 Å². The molecule has 2 fully saturated rings. The van der Waals surface area contributed by atoms with Crippen LogP contribution in [0.4, 0.5) is 4.39 Å². The molecular weight excluding hydrogens is 463 g/mol. The summed E-state index contributed by atoms with van der Waals surface area (Å²) in [5.74, 6) is -1.26. The van der Waals surface area contributed by atoms with Gasteiger partial charge in [-0.1, -0.05) is 23.8 Å². The number of carbonyl (C=O) groups is 3. The predicted octanol–water partition coefficient (Wildman–Crippen LogP) is 2.29. The topological polar surface area (TPSA) is 82.2 Å². The first-order valence-electron chi connectivity index (χ1n) is 12.2.